The molecule has 0 heterocycles. The normalized spacial score (nSPS) is 12.8. The third kappa shape index (κ3) is 16.0. The van der Waals surface area contributed by atoms with E-state index in [0.29, 0.717) is 45.1 Å². The average Bonchev–Trinajstić information content (AvgIpc) is 2.75. The predicted molar refractivity (Wildman–Crippen MR) is 132 cm³/mol. The van der Waals surface area contributed by atoms with Gasteiger partial charge in [-0.05, 0) is 60.3 Å². The number of amides is 2. The van der Waals surface area contributed by atoms with E-state index in [9.17, 15) is 9.59 Å². The van der Waals surface area contributed by atoms with Gasteiger partial charge in [-0.2, -0.15) is 0 Å². The Morgan fingerprint density at radius 3 is 1.82 bits per heavy atom. The Hall–Kier alpha value is -1.32. The first kappa shape index (κ1) is 31.7. The van der Waals surface area contributed by atoms with E-state index in [1.807, 2.05) is 6.92 Å². The molecule has 1 unspecified atom stereocenters. The highest BCUT2D eigenvalue weighted by atomic mass is 31.2. The number of nitrogens with zero attached hydrogens (tertiary/aromatic N) is 2. The number of unbranched alkanes of at least 4 members (excludes halogenated alkanes) is 2. The van der Waals surface area contributed by atoms with Crippen molar-refractivity contribution in [3.63, 3.8) is 0 Å². The maximum absolute atomic E-state index is 12.2. The highest BCUT2D eigenvalue weighted by molar-refractivity contribution is 7.45. The lowest BCUT2D eigenvalue weighted by Gasteiger charge is -2.36. The van der Waals surface area contributed by atoms with Gasteiger partial charge in [0.15, 0.2) is 6.40 Å². The van der Waals surface area contributed by atoms with Crippen LogP contribution in [0.3, 0.4) is 0 Å². The van der Waals surface area contributed by atoms with E-state index < -0.39 is 14.6 Å². The fraction of sp³-hybridized carbons (Fsp3) is 0.864. The monoisotopic (exact) mass is 492 g/mol. The van der Waals surface area contributed by atoms with E-state index in [0.717, 1.165) is 0 Å². The van der Waals surface area contributed by atoms with Crippen molar-refractivity contribution < 1.29 is 28.8 Å². The molecular weight excluding hydrogens is 447 g/mol. The summed E-state index contributed by atoms with van der Waals surface area (Å²) in [6.45, 7) is 11.3. The van der Waals surface area contributed by atoms with E-state index in [2.05, 4.69) is 48.0 Å². The van der Waals surface area contributed by atoms with Crippen molar-refractivity contribution in [3.8, 4) is 0 Å². The molecular formula is C22H45N4O6P. The van der Waals surface area contributed by atoms with Gasteiger partial charge < -0.3 is 29.9 Å². The minimum absolute atomic E-state index is 0.0580. The molecule has 0 saturated heterocycles. The Morgan fingerprint density at radius 2 is 1.42 bits per heavy atom. The first-order chi connectivity index (χ1) is 15.8. The van der Waals surface area contributed by atoms with Gasteiger partial charge in [-0.25, -0.2) is 4.67 Å². The molecule has 4 N–H and O–H groups in total. The number of aliphatic imine (C=N–C) groups is 1. The average molecular weight is 493 g/mol. The molecule has 0 aromatic rings. The number of nitrogens with one attached hydrogen (secondary N) is 2. The summed E-state index contributed by atoms with van der Waals surface area (Å²) >= 11 is 0. The zero-order valence-corrected chi connectivity index (χ0v) is 21.9. The standard InChI is InChI=1S/C22H45N4O6P/c1-6-23-17-31-33(26(18(2)3)19(4)5)32-20(15-24-21(29)11-7-9-13-27)16-25-22(30)12-8-10-14-28/h17-20,27-28H,6-16H2,1-5H3,(H,24,29)(H,25,30). The molecule has 0 aromatic carbocycles. The van der Waals surface area contributed by atoms with Crippen molar-refractivity contribution >= 4 is 26.7 Å². The lowest BCUT2D eigenvalue weighted by atomic mass is 10.2. The summed E-state index contributed by atoms with van der Waals surface area (Å²) in [6, 6.07) is 0.292. The van der Waals surface area contributed by atoms with Gasteiger partial charge in [-0.15, -0.1) is 0 Å². The lowest BCUT2D eigenvalue weighted by Crippen LogP contribution is -2.42. The zero-order valence-electron chi connectivity index (χ0n) is 21.0. The van der Waals surface area contributed by atoms with Crippen molar-refractivity contribution in [2.24, 2.45) is 4.99 Å². The first-order valence-electron chi connectivity index (χ1n) is 11.9. The van der Waals surface area contributed by atoms with Crippen LogP contribution in [-0.2, 0) is 18.6 Å². The smallest absolute Gasteiger partial charge is 0.322 e. The van der Waals surface area contributed by atoms with Gasteiger partial charge in [0.05, 0.1) is 0 Å². The maximum Gasteiger partial charge on any atom is 0.322 e. The fourth-order valence-corrected chi connectivity index (χ4v) is 4.53. The first-order valence-corrected chi connectivity index (χ1v) is 13.0. The van der Waals surface area contributed by atoms with E-state index in [-0.39, 0.29) is 50.2 Å². The second-order valence-electron chi connectivity index (χ2n) is 8.21. The summed E-state index contributed by atoms with van der Waals surface area (Å²) < 4.78 is 14.3. The Bertz CT molecular complexity index is 517. The second-order valence-corrected chi connectivity index (χ2v) is 9.57. The van der Waals surface area contributed by atoms with Crippen LogP contribution in [0.25, 0.3) is 0 Å². The maximum atomic E-state index is 12.2. The van der Waals surface area contributed by atoms with Crippen LogP contribution in [0.15, 0.2) is 4.99 Å². The molecule has 0 spiro atoms. The topological polar surface area (TPSA) is 133 Å². The van der Waals surface area contributed by atoms with Crippen LogP contribution in [0.4, 0.5) is 0 Å². The predicted octanol–water partition coefficient (Wildman–Crippen LogP) is 2.34. The van der Waals surface area contributed by atoms with Gasteiger partial charge in [-0.3, -0.25) is 14.6 Å². The third-order valence-corrected chi connectivity index (χ3v) is 6.61. The molecule has 33 heavy (non-hydrogen) atoms. The van der Waals surface area contributed by atoms with Gasteiger partial charge in [-0.1, -0.05) is 0 Å². The molecule has 0 bridgehead atoms. The van der Waals surface area contributed by atoms with Crippen LogP contribution in [0.1, 0.15) is 73.1 Å². The number of aliphatic hydroxyl groups is 2. The van der Waals surface area contributed by atoms with Crippen LogP contribution in [0.5, 0.6) is 0 Å². The van der Waals surface area contributed by atoms with Crippen molar-refractivity contribution in [1.29, 1.82) is 0 Å². The second kappa shape index (κ2) is 20.1. The molecule has 0 aliphatic rings. The number of hydrogen-bond donors (Lipinski definition) is 4. The Kier molecular flexibility index (Phi) is 19.3. The van der Waals surface area contributed by atoms with Crippen molar-refractivity contribution in [2.45, 2.75) is 91.3 Å². The molecule has 2 amide bonds. The molecule has 0 aliphatic carbocycles. The number of carbonyl (C=O) groups is 2. The fourth-order valence-electron chi connectivity index (χ4n) is 2.96. The van der Waals surface area contributed by atoms with Crippen molar-refractivity contribution in [2.75, 3.05) is 32.8 Å². The summed E-state index contributed by atoms with van der Waals surface area (Å²) in [5.74, 6) is -0.262. The molecule has 1 atom stereocenters. The van der Waals surface area contributed by atoms with Crippen LogP contribution in [-0.4, -0.2) is 84.1 Å². The number of hydrogen-bond acceptors (Lipinski definition) is 8. The zero-order chi connectivity index (χ0) is 25.1. The quantitative estimate of drug-likeness (QED) is 0.0887. The summed E-state index contributed by atoms with van der Waals surface area (Å²) in [5.41, 5.74) is 0. The number of rotatable bonds is 20. The number of carbonyl (C=O) groups excluding carboxylic acids is 2. The lowest BCUT2D eigenvalue weighted by molar-refractivity contribution is -0.121. The SMILES string of the molecule is CCN=COP(OC(CNC(=O)CCCCO)CNC(=O)CCCCO)N(C(C)C)C(C)C. The molecule has 10 nitrogen and oxygen atoms in total. The molecule has 194 valence electrons. The van der Waals surface area contributed by atoms with Crippen LogP contribution in [0, 0.1) is 0 Å². The summed E-state index contributed by atoms with van der Waals surface area (Å²) in [4.78, 5) is 28.5. The van der Waals surface area contributed by atoms with Gasteiger partial charge in [0.25, 0.3) is 0 Å². The summed E-state index contributed by atoms with van der Waals surface area (Å²) in [6.07, 6.45) is 3.89. The van der Waals surface area contributed by atoms with Gasteiger partial charge >= 0.3 is 8.53 Å². The van der Waals surface area contributed by atoms with E-state index >= 15 is 0 Å². The van der Waals surface area contributed by atoms with Gasteiger partial charge in [0, 0.05) is 57.8 Å². The molecule has 11 heteroatoms. The third-order valence-electron chi connectivity index (χ3n) is 4.56. The van der Waals surface area contributed by atoms with E-state index in [1.165, 1.54) is 6.40 Å². The Balaban J connectivity index is 5.26. The van der Waals surface area contributed by atoms with Crippen molar-refractivity contribution in [3.05, 3.63) is 0 Å². The van der Waals surface area contributed by atoms with Crippen LogP contribution < -0.4 is 10.6 Å². The van der Waals surface area contributed by atoms with Crippen LogP contribution >= 0.6 is 8.53 Å². The summed E-state index contributed by atoms with van der Waals surface area (Å²) in [5, 5.41) is 23.5. The molecule has 0 aromatic heterocycles. The molecule has 0 radical (unpaired) electrons. The summed E-state index contributed by atoms with van der Waals surface area (Å²) in [7, 11) is -1.53. The van der Waals surface area contributed by atoms with Crippen LogP contribution in [0.2, 0.25) is 0 Å². The van der Waals surface area contributed by atoms with E-state index in [1.54, 1.807) is 0 Å². The Labute approximate surface area is 200 Å². The van der Waals surface area contributed by atoms with E-state index in [4.69, 9.17) is 19.3 Å². The van der Waals surface area contributed by atoms with Gasteiger partial charge in [0.2, 0.25) is 11.8 Å². The Morgan fingerprint density at radius 1 is 0.939 bits per heavy atom. The molecule has 0 rings (SSSR count). The molecule has 0 fully saturated rings. The molecule has 0 saturated carbocycles. The molecule has 0 aliphatic heterocycles. The minimum atomic E-state index is -1.53. The van der Waals surface area contributed by atoms with Crippen molar-refractivity contribution in [1.82, 2.24) is 15.3 Å². The minimum Gasteiger partial charge on any atom is -0.425 e. The number of aliphatic hydroxyl groups excluding tert-OH is 2. The largest absolute Gasteiger partial charge is 0.425 e. The highest BCUT2D eigenvalue weighted by Crippen LogP contribution is 2.46. The highest BCUT2D eigenvalue weighted by Gasteiger charge is 2.31. The van der Waals surface area contributed by atoms with Gasteiger partial charge in [0.1, 0.15) is 6.10 Å².